The zero-order chi connectivity index (χ0) is 15.1. The minimum atomic E-state index is -5.14. The third kappa shape index (κ3) is 22.4. The fraction of sp³-hybridized carbons (Fsp3) is 0.833. The molecular formula is C6H12Na3O11P. The van der Waals surface area contributed by atoms with E-state index >= 15 is 0 Å². The number of carbonyl (C=O) groups excluding carboxylic acids is 1. The third-order valence-corrected chi connectivity index (χ3v) is 1.50. The molecule has 0 saturated heterocycles. The van der Waals surface area contributed by atoms with Crippen LogP contribution in [0.15, 0.2) is 0 Å². The van der Waals surface area contributed by atoms with Crippen LogP contribution in [0.5, 0.6) is 0 Å². The Bertz CT molecular complexity index is 291. The van der Waals surface area contributed by atoms with Gasteiger partial charge in [-0.1, -0.05) is 0 Å². The standard InChI is InChI=1S/C6H12O7.3Na.H3O4P/c7-1-2(8)3(9)4(10)5(11)6(12)13;;;;1-5(2,3)4/h2-5,7-11H,1H2,(H,12,13);;;;(H3,1,2,3,4)/q;3*+1;/p-3/t2-,3-,4+,5-;;;;/m1..../s1. The van der Waals surface area contributed by atoms with Gasteiger partial charge < -0.3 is 54.7 Å². The molecule has 0 saturated carbocycles. The summed E-state index contributed by atoms with van der Waals surface area (Å²) in [6.07, 6.45) is -8.08. The summed E-state index contributed by atoms with van der Waals surface area (Å²) in [7, 11) is -5.14. The SMILES string of the molecule is O=C([O-])[C@H](O)[C@@H](O)[C@H](O)[C@H](O)CO.O=P([O-])([O-])O.[Na+].[Na+].[Na+]. The topological polar surface area (TPSA) is 225 Å². The molecule has 0 aliphatic rings. The molecule has 0 amide bonds. The Labute approximate surface area is 186 Å². The summed E-state index contributed by atoms with van der Waals surface area (Å²) in [6, 6.07) is 0. The molecule has 11 nitrogen and oxygen atoms in total. The predicted octanol–water partition coefficient (Wildman–Crippen LogP) is -16.0. The summed E-state index contributed by atoms with van der Waals surface area (Å²) in [5.41, 5.74) is 0. The van der Waals surface area contributed by atoms with Crippen molar-refractivity contribution in [1.29, 1.82) is 0 Å². The minimum Gasteiger partial charge on any atom is -0.790 e. The van der Waals surface area contributed by atoms with Crippen molar-refractivity contribution in [2.75, 3.05) is 6.61 Å². The first-order valence-electron chi connectivity index (χ1n) is 4.20. The Kier molecular flexibility index (Phi) is 28.4. The third-order valence-electron chi connectivity index (χ3n) is 1.50. The van der Waals surface area contributed by atoms with Crippen molar-refractivity contribution < 1.29 is 143 Å². The molecule has 0 heterocycles. The number of hydrogen-bond donors (Lipinski definition) is 6. The first-order valence-corrected chi connectivity index (χ1v) is 5.70. The molecule has 4 atom stereocenters. The second-order valence-electron chi connectivity index (χ2n) is 2.96. The molecule has 0 aliphatic heterocycles. The van der Waals surface area contributed by atoms with Gasteiger partial charge in [0.15, 0.2) is 0 Å². The molecule has 0 radical (unpaired) electrons. The number of carboxylic acid groups (broad SMARTS) is 1. The number of rotatable bonds is 5. The summed E-state index contributed by atoms with van der Waals surface area (Å²) < 4.78 is 8.66. The van der Waals surface area contributed by atoms with E-state index in [0.29, 0.717) is 0 Å². The van der Waals surface area contributed by atoms with Crippen LogP contribution in [0.3, 0.4) is 0 Å². The number of carboxylic acids is 1. The molecule has 0 aromatic heterocycles. The number of carbonyl (C=O) groups is 1. The fourth-order valence-corrected chi connectivity index (χ4v) is 0.662. The smallest absolute Gasteiger partial charge is 0.790 e. The Morgan fingerprint density at radius 2 is 1.29 bits per heavy atom. The van der Waals surface area contributed by atoms with Crippen molar-refractivity contribution >= 4 is 13.8 Å². The number of aliphatic carboxylic acids is 1. The zero-order valence-electron chi connectivity index (χ0n) is 11.7. The molecule has 21 heavy (non-hydrogen) atoms. The molecule has 0 aliphatic carbocycles. The molecule has 0 fully saturated rings. The molecule has 0 unspecified atom stereocenters. The maximum Gasteiger partial charge on any atom is 1.00 e. The van der Waals surface area contributed by atoms with Crippen molar-refractivity contribution in [3.05, 3.63) is 0 Å². The van der Waals surface area contributed by atoms with E-state index in [0.717, 1.165) is 0 Å². The number of phosphoric acid groups is 1. The van der Waals surface area contributed by atoms with E-state index in [2.05, 4.69) is 0 Å². The number of hydrogen-bond acceptors (Lipinski definition) is 10. The van der Waals surface area contributed by atoms with Gasteiger partial charge in [0.1, 0.15) is 24.4 Å². The van der Waals surface area contributed by atoms with E-state index in [1.54, 1.807) is 0 Å². The monoisotopic (exact) mass is 360 g/mol. The van der Waals surface area contributed by atoms with E-state index in [1.807, 2.05) is 0 Å². The van der Waals surface area contributed by atoms with Gasteiger partial charge in [0.2, 0.25) is 0 Å². The van der Waals surface area contributed by atoms with Crippen molar-refractivity contribution in [2.24, 2.45) is 0 Å². The van der Waals surface area contributed by atoms with Crippen molar-refractivity contribution in [3.63, 3.8) is 0 Å². The van der Waals surface area contributed by atoms with Gasteiger partial charge in [-0.05, 0) is 0 Å². The second-order valence-corrected chi connectivity index (χ2v) is 3.90. The fourth-order valence-electron chi connectivity index (χ4n) is 0.662. The molecule has 0 aromatic carbocycles. The maximum atomic E-state index is 9.98. The largest absolute Gasteiger partial charge is 1.00 e. The second kappa shape index (κ2) is 17.2. The van der Waals surface area contributed by atoms with E-state index in [-0.39, 0.29) is 88.7 Å². The van der Waals surface area contributed by atoms with Gasteiger partial charge in [0, 0.05) is 0 Å². The van der Waals surface area contributed by atoms with Crippen LogP contribution in [0, 0.1) is 0 Å². The molecule has 0 bridgehead atoms. The summed E-state index contributed by atoms with van der Waals surface area (Å²) in [5.74, 6) is -1.98. The van der Waals surface area contributed by atoms with Crippen LogP contribution in [-0.4, -0.2) is 67.4 Å². The molecule has 0 aromatic rings. The van der Waals surface area contributed by atoms with Crippen LogP contribution >= 0.6 is 7.82 Å². The first kappa shape index (κ1) is 34.7. The van der Waals surface area contributed by atoms with E-state index < -0.39 is 44.8 Å². The average molecular weight is 360 g/mol. The van der Waals surface area contributed by atoms with Gasteiger partial charge in [-0.3, -0.25) is 0 Å². The quantitative estimate of drug-likeness (QED) is 0.199. The van der Waals surface area contributed by atoms with Crippen LogP contribution in [0.4, 0.5) is 0 Å². The Balaban J connectivity index is -0.0000000933. The van der Waals surface area contributed by atoms with Gasteiger partial charge in [0.25, 0.3) is 0 Å². The minimum absolute atomic E-state index is 0. The molecule has 110 valence electrons. The van der Waals surface area contributed by atoms with Gasteiger partial charge >= 0.3 is 88.7 Å². The Hall–Kier alpha value is 2.38. The average Bonchev–Trinajstić information content (AvgIpc) is 2.22. The van der Waals surface area contributed by atoms with Gasteiger partial charge in [0.05, 0.1) is 20.4 Å². The summed E-state index contributed by atoms with van der Waals surface area (Å²) >= 11 is 0. The molecule has 0 rings (SSSR count). The number of aliphatic hydroxyl groups excluding tert-OH is 5. The van der Waals surface area contributed by atoms with Crippen LogP contribution in [0.2, 0.25) is 0 Å². The van der Waals surface area contributed by atoms with Gasteiger partial charge in [-0.25, -0.2) is 0 Å². The van der Waals surface area contributed by atoms with Crippen molar-refractivity contribution in [2.45, 2.75) is 24.4 Å². The van der Waals surface area contributed by atoms with Crippen LogP contribution < -0.4 is 104 Å². The van der Waals surface area contributed by atoms with Crippen LogP contribution in [0.1, 0.15) is 0 Å². The van der Waals surface area contributed by atoms with E-state index in [9.17, 15) is 9.90 Å². The molecule has 15 heteroatoms. The summed E-state index contributed by atoms with van der Waals surface area (Å²) in [5, 5.41) is 53.4. The molecule has 6 N–H and O–H groups in total. The number of aliphatic hydroxyl groups is 5. The summed E-state index contributed by atoms with van der Waals surface area (Å²) in [4.78, 5) is 34.3. The molecule has 0 spiro atoms. The van der Waals surface area contributed by atoms with E-state index in [4.69, 9.17) is 44.8 Å². The first-order chi connectivity index (χ1) is 7.91. The maximum absolute atomic E-state index is 9.98. The van der Waals surface area contributed by atoms with Crippen molar-refractivity contribution in [1.82, 2.24) is 0 Å². The van der Waals surface area contributed by atoms with E-state index in [1.165, 1.54) is 0 Å². The Morgan fingerprint density at radius 3 is 1.48 bits per heavy atom. The van der Waals surface area contributed by atoms with Crippen LogP contribution in [-0.2, 0) is 9.36 Å². The Morgan fingerprint density at radius 1 is 1.00 bits per heavy atom. The zero-order valence-corrected chi connectivity index (χ0v) is 18.6. The summed E-state index contributed by atoms with van der Waals surface area (Å²) in [6.45, 7) is -0.863. The predicted molar refractivity (Wildman–Crippen MR) is 45.9 cm³/mol. The van der Waals surface area contributed by atoms with Crippen LogP contribution in [0.25, 0.3) is 0 Å². The normalized spacial score (nSPS) is 15.4. The van der Waals surface area contributed by atoms with Crippen molar-refractivity contribution in [3.8, 4) is 0 Å². The van der Waals surface area contributed by atoms with Gasteiger partial charge in [-0.15, -0.1) is 0 Å². The van der Waals surface area contributed by atoms with Gasteiger partial charge in [-0.2, -0.15) is 0 Å². The molecular weight excluding hydrogens is 348 g/mol.